The second-order valence-corrected chi connectivity index (χ2v) is 5.05. The van der Waals surface area contributed by atoms with E-state index in [1.165, 1.54) is 6.42 Å². The first-order valence-electron chi connectivity index (χ1n) is 4.99. The Hall–Kier alpha value is -0.650. The van der Waals surface area contributed by atoms with E-state index < -0.39 is 0 Å². The fourth-order valence-electron chi connectivity index (χ4n) is 1.04. The van der Waals surface area contributed by atoms with Gasteiger partial charge in [0.2, 0.25) is 0 Å². The Balaban J connectivity index is 2.67. The highest BCUT2D eigenvalue weighted by atomic mass is 35.5. The quantitative estimate of drug-likeness (QED) is 0.730. The van der Waals surface area contributed by atoms with E-state index in [1.807, 2.05) is 12.1 Å². The average molecular weight is 240 g/mol. The average Bonchev–Trinajstić information content (AvgIpc) is 2.26. The molecule has 0 aromatic heterocycles. The van der Waals surface area contributed by atoms with Gasteiger partial charge in [-0.25, -0.2) is 0 Å². The van der Waals surface area contributed by atoms with Crippen LogP contribution < -0.4 is 0 Å². The summed E-state index contributed by atoms with van der Waals surface area (Å²) in [6.07, 6.45) is 1.18. The number of hydrogen-bond donors (Lipinski definition) is 0. The predicted molar refractivity (Wildman–Crippen MR) is 66.3 cm³/mol. The molecule has 80 valence electrons. The van der Waals surface area contributed by atoms with Gasteiger partial charge in [-0.2, -0.15) is 5.26 Å². The van der Waals surface area contributed by atoms with E-state index in [0.29, 0.717) is 16.5 Å². The first kappa shape index (κ1) is 12.4. The van der Waals surface area contributed by atoms with Crippen LogP contribution in [-0.4, -0.2) is 5.75 Å². The molecule has 1 unspecified atom stereocenters. The molecule has 0 heterocycles. The largest absolute Gasteiger partial charge is 0.192 e. The summed E-state index contributed by atoms with van der Waals surface area (Å²) < 4.78 is 0. The van der Waals surface area contributed by atoms with Crippen molar-refractivity contribution in [3.63, 3.8) is 0 Å². The fourth-order valence-corrected chi connectivity index (χ4v) is 2.44. The monoisotopic (exact) mass is 239 g/mol. The van der Waals surface area contributed by atoms with Crippen LogP contribution in [0.2, 0.25) is 5.02 Å². The van der Waals surface area contributed by atoms with Gasteiger partial charge in [0.25, 0.3) is 0 Å². The van der Waals surface area contributed by atoms with Crippen molar-refractivity contribution in [2.45, 2.75) is 25.2 Å². The van der Waals surface area contributed by atoms with Crippen molar-refractivity contribution in [2.75, 3.05) is 5.75 Å². The number of rotatable bonds is 4. The second kappa shape index (κ2) is 6.05. The molecule has 0 bridgehead atoms. The van der Waals surface area contributed by atoms with Crippen molar-refractivity contribution in [3.05, 3.63) is 28.8 Å². The van der Waals surface area contributed by atoms with Crippen LogP contribution in [0.5, 0.6) is 0 Å². The van der Waals surface area contributed by atoms with Crippen LogP contribution in [0.25, 0.3) is 0 Å². The third-order valence-corrected chi connectivity index (χ3v) is 4.11. The highest BCUT2D eigenvalue weighted by Crippen LogP contribution is 2.29. The summed E-state index contributed by atoms with van der Waals surface area (Å²) in [5.74, 6) is 1.77. The van der Waals surface area contributed by atoms with Crippen LogP contribution in [0.3, 0.4) is 0 Å². The summed E-state index contributed by atoms with van der Waals surface area (Å²) in [7, 11) is 0. The maximum absolute atomic E-state index is 8.69. The smallest absolute Gasteiger partial charge is 0.0992 e. The van der Waals surface area contributed by atoms with Gasteiger partial charge in [-0.1, -0.05) is 31.9 Å². The predicted octanol–water partition coefficient (Wildman–Crippen LogP) is 4.35. The fraction of sp³-hybridized carbons (Fsp3) is 0.417. The van der Waals surface area contributed by atoms with Crippen molar-refractivity contribution in [1.29, 1.82) is 5.26 Å². The molecular weight excluding hydrogens is 226 g/mol. The molecule has 1 nitrogen and oxygen atoms in total. The molecule has 1 aromatic rings. The topological polar surface area (TPSA) is 23.8 Å². The lowest BCUT2D eigenvalue weighted by atomic mass is 10.2. The third kappa shape index (κ3) is 3.77. The SMILES string of the molecule is CCC(C)CSc1ccc(C#N)cc1Cl. The number of nitriles is 1. The highest BCUT2D eigenvalue weighted by Gasteiger charge is 2.05. The molecule has 0 aliphatic carbocycles. The van der Waals surface area contributed by atoms with E-state index in [-0.39, 0.29) is 0 Å². The summed E-state index contributed by atoms with van der Waals surface area (Å²) in [5, 5.41) is 9.38. The third-order valence-electron chi connectivity index (χ3n) is 2.28. The van der Waals surface area contributed by atoms with Crippen LogP contribution in [-0.2, 0) is 0 Å². The van der Waals surface area contributed by atoms with Crippen molar-refractivity contribution in [2.24, 2.45) is 5.92 Å². The van der Waals surface area contributed by atoms with Crippen LogP contribution >= 0.6 is 23.4 Å². The lowest BCUT2D eigenvalue weighted by molar-refractivity contribution is 0.637. The van der Waals surface area contributed by atoms with Gasteiger partial charge in [0.1, 0.15) is 0 Å². The molecule has 0 N–H and O–H groups in total. The zero-order valence-electron chi connectivity index (χ0n) is 8.96. The van der Waals surface area contributed by atoms with Gasteiger partial charge in [-0.3, -0.25) is 0 Å². The molecule has 0 spiro atoms. The molecule has 0 radical (unpaired) electrons. The number of nitrogens with zero attached hydrogens (tertiary/aromatic N) is 1. The molecule has 1 rings (SSSR count). The summed E-state index contributed by atoms with van der Waals surface area (Å²) in [6, 6.07) is 7.53. The Morgan fingerprint density at radius 2 is 2.27 bits per heavy atom. The Kier molecular flexibility index (Phi) is 5.01. The van der Waals surface area contributed by atoms with Gasteiger partial charge in [0.15, 0.2) is 0 Å². The van der Waals surface area contributed by atoms with Crippen LogP contribution in [0, 0.1) is 17.2 Å². The molecular formula is C12H14ClNS. The summed E-state index contributed by atoms with van der Waals surface area (Å²) >= 11 is 7.82. The van der Waals surface area contributed by atoms with E-state index in [1.54, 1.807) is 17.8 Å². The Labute approximate surface area is 100 Å². The van der Waals surface area contributed by atoms with Crippen LogP contribution in [0.4, 0.5) is 0 Å². The number of thioether (sulfide) groups is 1. The van der Waals surface area contributed by atoms with Crippen molar-refractivity contribution in [3.8, 4) is 6.07 Å². The van der Waals surface area contributed by atoms with E-state index in [4.69, 9.17) is 16.9 Å². The zero-order valence-corrected chi connectivity index (χ0v) is 10.5. The molecule has 0 aliphatic heterocycles. The van der Waals surface area contributed by atoms with Crippen molar-refractivity contribution in [1.82, 2.24) is 0 Å². The first-order valence-corrected chi connectivity index (χ1v) is 6.36. The van der Waals surface area contributed by atoms with Gasteiger partial charge in [-0.05, 0) is 24.1 Å². The lowest BCUT2D eigenvalue weighted by Gasteiger charge is -2.08. The molecule has 0 fully saturated rings. The van der Waals surface area contributed by atoms with Crippen molar-refractivity contribution < 1.29 is 0 Å². The molecule has 1 atom stereocenters. The van der Waals surface area contributed by atoms with E-state index in [9.17, 15) is 0 Å². The first-order chi connectivity index (χ1) is 7.17. The summed E-state index contributed by atoms with van der Waals surface area (Å²) in [6.45, 7) is 4.41. The van der Waals surface area contributed by atoms with E-state index in [2.05, 4.69) is 19.9 Å². The van der Waals surface area contributed by atoms with Gasteiger partial charge < -0.3 is 0 Å². The lowest BCUT2D eigenvalue weighted by Crippen LogP contribution is -1.95. The molecule has 0 saturated carbocycles. The van der Waals surface area contributed by atoms with E-state index >= 15 is 0 Å². The Morgan fingerprint density at radius 1 is 1.53 bits per heavy atom. The van der Waals surface area contributed by atoms with E-state index in [0.717, 1.165) is 10.6 Å². The second-order valence-electron chi connectivity index (χ2n) is 3.58. The minimum atomic E-state index is 0.618. The van der Waals surface area contributed by atoms with Crippen molar-refractivity contribution >= 4 is 23.4 Å². The minimum Gasteiger partial charge on any atom is -0.192 e. The van der Waals surface area contributed by atoms with Gasteiger partial charge in [0.05, 0.1) is 16.7 Å². The maximum atomic E-state index is 8.69. The highest BCUT2D eigenvalue weighted by molar-refractivity contribution is 7.99. The molecule has 0 saturated heterocycles. The molecule has 0 aliphatic rings. The maximum Gasteiger partial charge on any atom is 0.0992 e. The Morgan fingerprint density at radius 3 is 2.80 bits per heavy atom. The summed E-state index contributed by atoms with van der Waals surface area (Å²) in [5.41, 5.74) is 0.618. The number of halogens is 1. The number of benzene rings is 1. The molecule has 1 aromatic carbocycles. The molecule has 15 heavy (non-hydrogen) atoms. The molecule has 3 heteroatoms. The zero-order chi connectivity index (χ0) is 11.3. The van der Waals surface area contributed by atoms with Crippen LogP contribution in [0.15, 0.2) is 23.1 Å². The van der Waals surface area contributed by atoms with Crippen LogP contribution in [0.1, 0.15) is 25.8 Å². The minimum absolute atomic E-state index is 0.618. The van der Waals surface area contributed by atoms with Gasteiger partial charge >= 0.3 is 0 Å². The van der Waals surface area contributed by atoms with Gasteiger partial charge in [0, 0.05) is 10.6 Å². The number of hydrogen-bond acceptors (Lipinski definition) is 2. The van der Waals surface area contributed by atoms with Gasteiger partial charge in [-0.15, -0.1) is 11.8 Å². The normalized spacial score (nSPS) is 12.1. The standard InChI is InChI=1S/C12H14ClNS/c1-3-9(2)8-15-12-5-4-10(7-14)6-11(12)13/h4-6,9H,3,8H2,1-2H3. The molecule has 0 amide bonds. The summed E-state index contributed by atoms with van der Waals surface area (Å²) in [4.78, 5) is 1.07. The Bertz CT molecular complexity index is 370.